The van der Waals surface area contributed by atoms with Crippen molar-refractivity contribution in [3.05, 3.63) is 35.6 Å². The second kappa shape index (κ2) is 7.52. The van der Waals surface area contributed by atoms with Crippen molar-refractivity contribution in [1.29, 1.82) is 0 Å². The van der Waals surface area contributed by atoms with Crippen LogP contribution in [0.4, 0.5) is 4.39 Å². The van der Waals surface area contributed by atoms with Crippen LogP contribution in [0.15, 0.2) is 24.3 Å². The van der Waals surface area contributed by atoms with Gasteiger partial charge < -0.3 is 11.1 Å². The lowest BCUT2D eigenvalue weighted by atomic mass is 10.1. The van der Waals surface area contributed by atoms with Crippen LogP contribution in [0.25, 0.3) is 0 Å². The molecule has 0 spiro atoms. The van der Waals surface area contributed by atoms with Gasteiger partial charge in [0.1, 0.15) is 5.82 Å². The first-order valence-electron chi connectivity index (χ1n) is 7.17. The highest BCUT2D eigenvalue weighted by Gasteiger charge is 2.20. The molecule has 0 heterocycles. The quantitative estimate of drug-likeness (QED) is 0.842. The van der Waals surface area contributed by atoms with E-state index >= 15 is 0 Å². The number of hydrogen-bond donors (Lipinski definition) is 2. The van der Waals surface area contributed by atoms with E-state index in [9.17, 15) is 9.18 Å². The molecule has 0 saturated carbocycles. The Morgan fingerprint density at radius 3 is 2.62 bits per heavy atom. The number of amides is 1. The molecule has 1 aromatic rings. The Balaban J connectivity index is 2.61. The summed E-state index contributed by atoms with van der Waals surface area (Å²) >= 11 is 0. The van der Waals surface area contributed by atoms with Crippen LogP contribution in [0.1, 0.15) is 32.8 Å². The molecule has 0 aliphatic rings. The van der Waals surface area contributed by atoms with Gasteiger partial charge in [0.05, 0.1) is 0 Å². The topological polar surface area (TPSA) is 58.4 Å². The van der Waals surface area contributed by atoms with Crippen LogP contribution in [0, 0.1) is 5.82 Å². The second-order valence-corrected chi connectivity index (χ2v) is 6.44. The van der Waals surface area contributed by atoms with Crippen molar-refractivity contribution < 1.29 is 9.18 Å². The molecule has 5 heteroatoms. The van der Waals surface area contributed by atoms with Gasteiger partial charge in [-0.25, -0.2) is 4.39 Å². The highest BCUT2D eigenvalue weighted by molar-refractivity contribution is 5.77. The molecule has 0 fully saturated rings. The highest BCUT2D eigenvalue weighted by atomic mass is 19.1. The molecule has 0 bridgehead atoms. The molecule has 0 radical (unpaired) electrons. The van der Waals surface area contributed by atoms with Gasteiger partial charge in [0.15, 0.2) is 0 Å². The van der Waals surface area contributed by atoms with Crippen LogP contribution in [-0.4, -0.2) is 36.0 Å². The van der Waals surface area contributed by atoms with Gasteiger partial charge in [-0.1, -0.05) is 12.1 Å². The molecule has 118 valence electrons. The molecule has 0 aliphatic heterocycles. The van der Waals surface area contributed by atoms with E-state index < -0.39 is 0 Å². The molecule has 1 rings (SSSR count). The Hall–Kier alpha value is -1.46. The zero-order valence-corrected chi connectivity index (χ0v) is 13.3. The number of nitrogens with zero attached hydrogens (tertiary/aromatic N) is 1. The maximum atomic E-state index is 13.2. The molecule has 0 aliphatic carbocycles. The third-order valence-electron chi connectivity index (χ3n) is 3.15. The summed E-state index contributed by atoms with van der Waals surface area (Å²) < 4.78 is 13.2. The van der Waals surface area contributed by atoms with Crippen LogP contribution >= 0.6 is 0 Å². The molecule has 0 saturated heterocycles. The Bertz CT molecular complexity index is 471. The standard InChI is InChI=1S/C16H26FN3O/c1-16(2,3)19-15(21)9-14(10-18)20(4)11-12-6-5-7-13(17)8-12/h5-8,14H,9-11,18H2,1-4H3,(H,19,21). The van der Waals surface area contributed by atoms with Crippen LogP contribution in [0.5, 0.6) is 0 Å². The second-order valence-electron chi connectivity index (χ2n) is 6.44. The van der Waals surface area contributed by atoms with Gasteiger partial charge in [-0.2, -0.15) is 0 Å². The van der Waals surface area contributed by atoms with E-state index in [0.717, 1.165) is 5.56 Å². The third kappa shape index (κ3) is 6.69. The summed E-state index contributed by atoms with van der Waals surface area (Å²) in [4.78, 5) is 14.0. The normalized spacial score (nSPS) is 13.3. The van der Waals surface area contributed by atoms with Gasteiger partial charge in [-0.3, -0.25) is 9.69 Å². The molecule has 1 amide bonds. The largest absolute Gasteiger partial charge is 0.351 e. The lowest BCUT2D eigenvalue weighted by Crippen LogP contribution is -2.46. The summed E-state index contributed by atoms with van der Waals surface area (Å²) in [6, 6.07) is 6.39. The smallest absolute Gasteiger partial charge is 0.222 e. The molecule has 1 aromatic carbocycles. The van der Waals surface area contributed by atoms with Crippen LogP contribution < -0.4 is 11.1 Å². The summed E-state index contributed by atoms with van der Waals surface area (Å²) in [5, 5.41) is 2.93. The Morgan fingerprint density at radius 2 is 2.10 bits per heavy atom. The van der Waals surface area contributed by atoms with E-state index in [1.165, 1.54) is 12.1 Å². The maximum Gasteiger partial charge on any atom is 0.222 e. The lowest BCUT2D eigenvalue weighted by Gasteiger charge is -2.28. The maximum absolute atomic E-state index is 13.2. The van der Waals surface area contributed by atoms with Gasteiger partial charge in [-0.15, -0.1) is 0 Å². The van der Waals surface area contributed by atoms with E-state index in [0.29, 0.717) is 19.5 Å². The predicted octanol–water partition coefficient (Wildman–Crippen LogP) is 1.89. The number of nitrogens with two attached hydrogens (primary N) is 1. The van der Waals surface area contributed by atoms with Gasteiger partial charge in [0.25, 0.3) is 0 Å². The number of halogens is 1. The fraction of sp³-hybridized carbons (Fsp3) is 0.562. The summed E-state index contributed by atoms with van der Waals surface area (Å²) in [7, 11) is 1.90. The zero-order valence-electron chi connectivity index (χ0n) is 13.3. The molecular weight excluding hydrogens is 269 g/mol. The summed E-state index contributed by atoms with van der Waals surface area (Å²) in [6.07, 6.45) is 0.333. The average Bonchev–Trinajstić information content (AvgIpc) is 2.33. The number of hydrogen-bond acceptors (Lipinski definition) is 3. The minimum Gasteiger partial charge on any atom is -0.351 e. The SMILES string of the molecule is CN(Cc1cccc(F)c1)C(CN)CC(=O)NC(C)(C)C. The monoisotopic (exact) mass is 295 g/mol. The molecule has 1 unspecified atom stereocenters. The van der Waals surface area contributed by atoms with Crippen LogP contribution in [0.2, 0.25) is 0 Å². The van der Waals surface area contributed by atoms with Crippen molar-refractivity contribution in [2.45, 2.75) is 45.3 Å². The number of likely N-dealkylation sites (N-methyl/N-ethyl adjacent to an activating group) is 1. The first-order chi connectivity index (χ1) is 9.71. The molecular formula is C16H26FN3O. The first-order valence-corrected chi connectivity index (χ1v) is 7.17. The van der Waals surface area contributed by atoms with E-state index in [4.69, 9.17) is 5.73 Å². The van der Waals surface area contributed by atoms with Crippen LogP contribution in [0.3, 0.4) is 0 Å². The van der Waals surface area contributed by atoms with Crippen molar-refractivity contribution in [3.8, 4) is 0 Å². The fourth-order valence-electron chi connectivity index (χ4n) is 2.15. The fourth-order valence-corrected chi connectivity index (χ4v) is 2.15. The number of rotatable bonds is 6. The van der Waals surface area contributed by atoms with Gasteiger partial charge in [0.2, 0.25) is 5.91 Å². The summed E-state index contributed by atoms with van der Waals surface area (Å²) in [6.45, 7) is 6.77. The first kappa shape index (κ1) is 17.6. The van der Waals surface area contributed by atoms with Gasteiger partial charge in [-0.05, 0) is 45.5 Å². The van der Waals surface area contributed by atoms with Gasteiger partial charge in [0, 0.05) is 31.1 Å². The predicted molar refractivity (Wildman–Crippen MR) is 83.2 cm³/mol. The van der Waals surface area contributed by atoms with E-state index in [2.05, 4.69) is 5.32 Å². The molecule has 3 N–H and O–H groups in total. The minimum atomic E-state index is -0.254. The molecule has 4 nitrogen and oxygen atoms in total. The lowest BCUT2D eigenvalue weighted by molar-refractivity contribution is -0.123. The number of carbonyl (C=O) groups excluding carboxylic acids is 1. The number of carbonyl (C=O) groups is 1. The van der Waals surface area contributed by atoms with E-state index in [1.807, 2.05) is 38.8 Å². The van der Waals surface area contributed by atoms with Gasteiger partial charge >= 0.3 is 0 Å². The Kier molecular flexibility index (Phi) is 6.30. The van der Waals surface area contributed by atoms with Crippen molar-refractivity contribution in [2.24, 2.45) is 5.73 Å². The zero-order chi connectivity index (χ0) is 16.0. The summed E-state index contributed by atoms with van der Waals surface area (Å²) in [5.74, 6) is -0.278. The average molecular weight is 295 g/mol. The number of benzene rings is 1. The molecule has 0 aromatic heterocycles. The van der Waals surface area contributed by atoms with Crippen molar-refractivity contribution in [3.63, 3.8) is 0 Å². The van der Waals surface area contributed by atoms with Crippen molar-refractivity contribution in [1.82, 2.24) is 10.2 Å². The number of nitrogens with one attached hydrogen (secondary N) is 1. The highest BCUT2D eigenvalue weighted by Crippen LogP contribution is 2.10. The van der Waals surface area contributed by atoms with Crippen LogP contribution in [-0.2, 0) is 11.3 Å². The molecule has 21 heavy (non-hydrogen) atoms. The Labute approximate surface area is 126 Å². The molecule has 1 atom stereocenters. The Morgan fingerprint density at radius 1 is 1.43 bits per heavy atom. The minimum absolute atomic E-state index is 0.0240. The van der Waals surface area contributed by atoms with E-state index in [-0.39, 0.29) is 23.3 Å². The van der Waals surface area contributed by atoms with Crippen molar-refractivity contribution in [2.75, 3.05) is 13.6 Å². The summed E-state index contributed by atoms with van der Waals surface area (Å²) in [5.41, 5.74) is 6.39. The van der Waals surface area contributed by atoms with Crippen molar-refractivity contribution >= 4 is 5.91 Å². The van der Waals surface area contributed by atoms with E-state index in [1.54, 1.807) is 6.07 Å². The third-order valence-corrected chi connectivity index (χ3v) is 3.15.